The smallest absolute Gasteiger partial charge is 0.212 e. The van der Waals surface area contributed by atoms with Gasteiger partial charge in [0.15, 0.2) is 5.72 Å². The van der Waals surface area contributed by atoms with Crippen LogP contribution in [0, 0.1) is 5.92 Å². The fourth-order valence-corrected chi connectivity index (χ4v) is 6.06. The molecule has 5 unspecified atom stereocenters. The highest BCUT2D eigenvalue weighted by atomic mass is 32.2. The van der Waals surface area contributed by atoms with Gasteiger partial charge in [-0.3, -0.25) is 9.59 Å². The molecule has 0 saturated carbocycles. The summed E-state index contributed by atoms with van der Waals surface area (Å²) in [6.45, 7) is 1.25. The molecule has 0 aromatic rings. The van der Waals surface area contributed by atoms with E-state index in [0.717, 1.165) is 6.26 Å². The number of allylic oxidation sites excluding steroid dienone is 2. The first-order valence-corrected chi connectivity index (χ1v) is 9.69. The molecule has 0 radical (unpaired) electrons. The normalized spacial score (nSPS) is 39.8. The molecule has 2 fully saturated rings. The van der Waals surface area contributed by atoms with Crippen molar-refractivity contribution in [2.75, 3.05) is 26.5 Å². The monoisotopic (exact) mass is 369 g/mol. The first-order chi connectivity index (χ1) is 11.6. The van der Waals surface area contributed by atoms with Gasteiger partial charge >= 0.3 is 0 Å². The molecule has 5 atom stereocenters. The third-order valence-corrected chi connectivity index (χ3v) is 7.07. The van der Waals surface area contributed by atoms with Gasteiger partial charge in [-0.2, -0.15) is 4.31 Å². The lowest BCUT2D eigenvalue weighted by molar-refractivity contribution is -0.141. The third-order valence-electron chi connectivity index (χ3n) is 5.81. The van der Waals surface area contributed by atoms with Crippen LogP contribution in [0.4, 0.5) is 0 Å². The standard InChI is InChI=1S/C15H19N3O6S/c1-6-10(16)13(21)9-7(5-19)15(24-2)14-8(18(14)25(3,22)23)4-17(15)11(9)12(6)20/h7-8,14,19H,4-5,16H2,1-3H3. The zero-order valence-electron chi connectivity index (χ0n) is 14.0. The summed E-state index contributed by atoms with van der Waals surface area (Å²) in [7, 11) is -2.07. The molecule has 0 aromatic carbocycles. The molecule has 0 amide bonds. The van der Waals surface area contributed by atoms with E-state index in [-0.39, 0.29) is 40.9 Å². The fraction of sp³-hybridized carbons (Fsp3) is 0.600. The average molecular weight is 369 g/mol. The number of fused-ring (bicyclic) bond motifs is 4. The van der Waals surface area contributed by atoms with Crippen molar-refractivity contribution >= 4 is 21.6 Å². The molecule has 9 nitrogen and oxygen atoms in total. The summed E-state index contributed by atoms with van der Waals surface area (Å²) >= 11 is 0. The lowest BCUT2D eigenvalue weighted by Crippen LogP contribution is -2.55. The van der Waals surface area contributed by atoms with Gasteiger partial charge in [-0.05, 0) is 6.92 Å². The Kier molecular flexibility index (Phi) is 3.14. The van der Waals surface area contributed by atoms with Gasteiger partial charge < -0.3 is 20.5 Å². The van der Waals surface area contributed by atoms with Crippen molar-refractivity contribution in [3.63, 3.8) is 0 Å². The Morgan fingerprint density at radius 3 is 2.52 bits per heavy atom. The summed E-state index contributed by atoms with van der Waals surface area (Å²) in [6, 6.07) is -0.901. The van der Waals surface area contributed by atoms with Gasteiger partial charge in [0, 0.05) is 24.8 Å². The first kappa shape index (κ1) is 16.7. The number of methoxy groups -OCH3 is 1. The van der Waals surface area contributed by atoms with Crippen molar-refractivity contribution in [3.05, 3.63) is 22.5 Å². The summed E-state index contributed by atoms with van der Waals surface area (Å²) in [5.41, 5.74) is 4.84. The van der Waals surface area contributed by atoms with E-state index in [4.69, 9.17) is 10.5 Å². The predicted octanol–water partition coefficient (Wildman–Crippen LogP) is -2.08. The molecular formula is C15H19N3O6S. The molecule has 10 heteroatoms. The first-order valence-electron chi connectivity index (χ1n) is 7.85. The molecule has 136 valence electrons. The second kappa shape index (κ2) is 4.70. The minimum Gasteiger partial charge on any atom is -0.396 e. The van der Waals surface area contributed by atoms with Crippen molar-refractivity contribution < 1.29 is 27.9 Å². The van der Waals surface area contributed by atoms with E-state index in [9.17, 15) is 23.1 Å². The number of ketones is 2. The molecule has 4 aliphatic rings. The summed E-state index contributed by atoms with van der Waals surface area (Å²) in [6.07, 6.45) is 1.11. The second-order valence-electron chi connectivity index (χ2n) is 6.87. The van der Waals surface area contributed by atoms with E-state index < -0.39 is 40.1 Å². The van der Waals surface area contributed by atoms with Crippen LogP contribution in [-0.4, -0.2) is 78.6 Å². The van der Waals surface area contributed by atoms with Crippen LogP contribution >= 0.6 is 0 Å². The van der Waals surface area contributed by atoms with Gasteiger partial charge in [0.25, 0.3) is 0 Å². The van der Waals surface area contributed by atoms with Crippen LogP contribution in [-0.2, 0) is 24.3 Å². The zero-order valence-corrected chi connectivity index (χ0v) is 14.8. The molecule has 3 N–H and O–H groups in total. The van der Waals surface area contributed by atoms with Gasteiger partial charge in [0.05, 0.1) is 42.3 Å². The SMILES string of the molecule is COC12C(CO)C3=C(C(=O)C(C)=C(N)C3=O)N1CC1C2N1S(C)(=O)=O. The number of ether oxygens (including phenoxy) is 1. The molecule has 2 saturated heterocycles. The maximum absolute atomic E-state index is 12.8. The van der Waals surface area contributed by atoms with Crippen molar-refractivity contribution in [1.82, 2.24) is 9.21 Å². The van der Waals surface area contributed by atoms with Gasteiger partial charge in [-0.15, -0.1) is 0 Å². The summed E-state index contributed by atoms with van der Waals surface area (Å²) in [5, 5.41) is 10.0. The topological polar surface area (TPSA) is 130 Å². The number of carbonyl (C=O) groups is 2. The van der Waals surface area contributed by atoms with Crippen molar-refractivity contribution in [2.45, 2.75) is 24.7 Å². The van der Waals surface area contributed by atoms with Crippen molar-refractivity contribution in [3.8, 4) is 0 Å². The number of hydrogen-bond donors (Lipinski definition) is 2. The molecule has 3 heterocycles. The number of carbonyl (C=O) groups excluding carboxylic acids is 2. The third kappa shape index (κ3) is 1.70. The molecule has 3 aliphatic heterocycles. The molecule has 0 bridgehead atoms. The quantitative estimate of drug-likeness (QED) is 0.428. The Hall–Kier alpha value is -1.75. The van der Waals surface area contributed by atoms with Crippen LogP contribution in [0.3, 0.4) is 0 Å². The molecule has 1 aliphatic carbocycles. The van der Waals surface area contributed by atoms with E-state index in [2.05, 4.69) is 0 Å². The molecule has 0 spiro atoms. The van der Waals surface area contributed by atoms with Crippen LogP contribution < -0.4 is 5.73 Å². The molecular weight excluding hydrogens is 350 g/mol. The number of aliphatic hydroxyl groups excluding tert-OH is 1. The Morgan fingerprint density at radius 2 is 2.00 bits per heavy atom. The van der Waals surface area contributed by atoms with Crippen LogP contribution in [0.25, 0.3) is 0 Å². The van der Waals surface area contributed by atoms with E-state index in [1.807, 2.05) is 0 Å². The summed E-state index contributed by atoms with van der Waals surface area (Å²) in [5.74, 6) is -1.73. The largest absolute Gasteiger partial charge is 0.396 e. The number of hydrogen-bond acceptors (Lipinski definition) is 8. The Morgan fingerprint density at radius 1 is 1.36 bits per heavy atom. The fourth-order valence-electron chi connectivity index (χ4n) is 4.74. The minimum atomic E-state index is -3.47. The molecule has 0 aromatic heterocycles. The Labute approximate surface area is 144 Å². The molecule has 4 rings (SSSR count). The van der Waals surface area contributed by atoms with Crippen molar-refractivity contribution in [1.29, 1.82) is 0 Å². The highest BCUT2D eigenvalue weighted by molar-refractivity contribution is 7.88. The summed E-state index contributed by atoms with van der Waals surface area (Å²) in [4.78, 5) is 27.1. The van der Waals surface area contributed by atoms with Crippen molar-refractivity contribution in [2.24, 2.45) is 11.7 Å². The number of sulfonamides is 1. The summed E-state index contributed by atoms with van der Waals surface area (Å²) < 4.78 is 31.1. The molecule has 25 heavy (non-hydrogen) atoms. The predicted molar refractivity (Wildman–Crippen MR) is 85.2 cm³/mol. The van der Waals surface area contributed by atoms with E-state index >= 15 is 0 Å². The highest BCUT2D eigenvalue weighted by Gasteiger charge is 2.78. The number of aliphatic hydroxyl groups is 1. The van der Waals surface area contributed by atoms with Crippen LogP contribution in [0.15, 0.2) is 22.5 Å². The Bertz CT molecular complexity index is 865. The number of nitrogens with two attached hydrogens (primary N) is 1. The number of Topliss-reactive ketones (excluding diaryl/α,β-unsaturated/α-hetero) is 2. The van der Waals surface area contributed by atoms with Crippen LogP contribution in [0.1, 0.15) is 6.92 Å². The lowest BCUT2D eigenvalue weighted by Gasteiger charge is -2.40. The van der Waals surface area contributed by atoms with E-state index in [1.165, 1.54) is 18.3 Å². The van der Waals surface area contributed by atoms with Gasteiger partial charge in [0.2, 0.25) is 21.6 Å². The lowest BCUT2D eigenvalue weighted by atomic mass is 9.82. The minimum absolute atomic E-state index is 0.122. The van der Waals surface area contributed by atoms with Gasteiger partial charge in [0.1, 0.15) is 0 Å². The maximum atomic E-state index is 12.8. The Balaban J connectivity index is 1.87. The second-order valence-corrected chi connectivity index (χ2v) is 8.75. The van der Waals surface area contributed by atoms with E-state index in [1.54, 1.807) is 4.90 Å². The number of nitrogens with zero attached hydrogens (tertiary/aromatic N) is 2. The highest BCUT2D eigenvalue weighted by Crippen LogP contribution is 2.60. The maximum Gasteiger partial charge on any atom is 0.212 e. The van der Waals surface area contributed by atoms with Crippen LogP contribution in [0.5, 0.6) is 0 Å². The average Bonchev–Trinajstić information content (AvgIpc) is 3.09. The van der Waals surface area contributed by atoms with Gasteiger partial charge in [-0.1, -0.05) is 0 Å². The van der Waals surface area contributed by atoms with Crippen LogP contribution in [0.2, 0.25) is 0 Å². The number of rotatable bonds is 3. The van der Waals surface area contributed by atoms with E-state index in [0.29, 0.717) is 0 Å². The number of piperazine rings is 1. The van der Waals surface area contributed by atoms with Gasteiger partial charge in [-0.25, -0.2) is 8.42 Å². The zero-order chi connectivity index (χ0) is 18.5.